The lowest BCUT2D eigenvalue weighted by Crippen LogP contribution is -2.21. The molecule has 0 unspecified atom stereocenters. The zero-order valence-electron chi connectivity index (χ0n) is 7.94. The quantitative estimate of drug-likeness (QED) is 0.521. The van der Waals surface area contributed by atoms with Crippen LogP contribution < -0.4 is 10.9 Å². The highest BCUT2D eigenvalue weighted by atomic mass is 16.6. The van der Waals surface area contributed by atoms with Crippen molar-refractivity contribution in [1.29, 1.82) is 0 Å². The Hall–Kier alpha value is -1.86. The first-order valence-electron chi connectivity index (χ1n) is 3.96. The molecule has 0 saturated carbocycles. The molecule has 0 aliphatic heterocycles. The van der Waals surface area contributed by atoms with Crippen molar-refractivity contribution in [2.45, 2.75) is 13.8 Å². The minimum absolute atomic E-state index is 0.229. The average Bonchev–Trinajstić information content (AvgIpc) is 2.13. The molecule has 14 heavy (non-hydrogen) atoms. The molecular formula is C6H12N4O4. The van der Waals surface area contributed by atoms with Gasteiger partial charge in [0.25, 0.3) is 0 Å². The Morgan fingerprint density at radius 2 is 1.36 bits per heavy atom. The largest absolute Gasteiger partial charge is 0.449 e. The molecule has 0 radical (unpaired) electrons. The summed E-state index contributed by atoms with van der Waals surface area (Å²) >= 11 is 0. The van der Waals surface area contributed by atoms with Crippen LogP contribution in [0.15, 0.2) is 10.4 Å². The van der Waals surface area contributed by atoms with Crippen molar-refractivity contribution in [1.82, 2.24) is 10.9 Å². The molecule has 80 valence electrons. The predicted octanol–water partition coefficient (Wildman–Crippen LogP) is 0.761. The van der Waals surface area contributed by atoms with E-state index in [1.54, 1.807) is 13.8 Å². The summed E-state index contributed by atoms with van der Waals surface area (Å²) in [6, 6.07) is 0. The van der Waals surface area contributed by atoms with Crippen molar-refractivity contribution < 1.29 is 19.1 Å². The number of carbonyl (C=O) groups is 2. The van der Waals surface area contributed by atoms with Gasteiger partial charge in [0.1, 0.15) is 0 Å². The van der Waals surface area contributed by atoms with E-state index < -0.39 is 12.2 Å². The summed E-state index contributed by atoms with van der Waals surface area (Å²) in [6.45, 7) is 3.75. The number of hydrogen-bond donors (Lipinski definition) is 2. The molecule has 0 saturated heterocycles. The van der Waals surface area contributed by atoms with Gasteiger partial charge in [0.05, 0.1) is 13.2 Å². The van der Waals surface area contributed by atoms with Crippen LogP contribution in [0.25, 0.3) is 0 Å². The predicted molar refractivity (Wildman–Crippen MR) is 45.2 cm³/mol. The van der Waals surface area contributed by atoms with Gasteiger partial charge in [-0.3, -0.25) is 0 Å². The van der Waals surface area contributed by atoms with Gasteiger partial charge in [-0.25, -0.2) is 9.59 Å². The topological polar surface area (TPSA) is 101 Å². The molecule has 8 heteroatoms. The second-order valence-electron chi connectivity index (χ2n) is 1.86. The van der Waals surface area contributed by atoms with Crippen LogP contribution in [0.3, 0.4) is 0 Å². The molecule has 2 amide bonds. The van der Waals surface area contributed by atoms with E-state index in [0.717, 1.165) is 0 Å². The summed E-state index contributed by atoms with van der Waals surface area (Å²) in [4.78, 5) is 21.2. The van der Waals surface area contributed by atoms with Gasteiger partial charge in [-0.2, -0.15) is 10.9 Å². The van der Waals surface area contributed by atoms with E-state index in [9.17, 15) is 9.59 Å². The van der Waals surface area contributed by atoms with E-state index in [1.807, 2.05) is 10.9 Å². The number of rotatable bonds is 4. The Bertz CT molecular complexity index is 196. The lowest BCUT2D eigenvalue weighted by molar-refractivity contribution is 0.146. The summed E-state index contributed by atoms with van der Waals surface area (Å²) in [5.74, 6) is 0. The Balaban J connectivity index is 3.53. The molecule has 2 N–H and O–H groups in total. The molecule has 0 aromatic rings. The van der Waals surface area contributed by atoms with Crippen LogP contribution in [0.4, 0.5) is 9.59 Å². The van der Waals surface area contributed by atoms with E-state index in [2.05, 4.69) is 19.9 Å². The third-order valence-corrected chi connectivity index (χ3v) is 0.883. The smallest absolute Gasteiger partial charge is 0.429 e. The fourth-order valence-corrected chi connectivity index (χ4v) is 0.458. The van der Waals surface area contributed by atoms with Gasteiger partial charge in [-0.15, -0.1) is 0 Å². The molecule has 0 heterocycles. The number of amides is 2. The highest BCUT2D eigenvalue weighted by Gasteiger charge is 1.98. The van der Waals surface area contributed by atoms with Gasteiger partial charge in [0.15, 0.2) is 0 Å². The highest BCUT2D eigenvalue weighted by molar-refractivity contribution is 5.67. The average molecular weight is 204 g/mol. The van der Waals surface area contributed by atoms with Gasteiger partial charge < -0.3 is 9.47 Å². The first kappa shape index (κ1) is 12.1. The molecule has 0 fully saturated rings. The van der Waals surface area contributed by atoms with Crippen molar-refractivity contribution in [2.75, 3.05) is 13.2 Å². The van der Waals surface area contributed by atoms with Crippen LogP contribution in [0.5, 0.6) is 0 Å². The van der Waals surface area contributed by atoms with Crippen LogP contribution >= 0.6 is 0 Å². The minimum Gasteiger partial charge on any atom is -0.449 e. The van der Waals surface area contributed by atoms with E-state index in [4.69, 9.17) is 0 Å². The first-order chi connectivity index (χ1) is 6.70. The van der Waals surface area contributed by atoms with Gasteiger partial charge in [0.2, 0.25) is 0 Å². The number of nitrogens with one attached hydrogen (secondary N) is 2. The molecule has 0 aliphatic carbocycles. The number of hydrogen-bond acceptors (Lipinski definition) is 6. The lowest BCUT2D eigenvalue weighted by atomic mass is 10.9. The van der Waals surface area contributed by atoms with Crippen molar-refractivity contribution in [3.8, 4) is 0 Å². The summed E-state index contributed by atoms with van der Waals surface area (Å²) in [6.07, 6.45) is -1.50. The molecule has 0 aromatic carbocycles. The molecular weight excluding hydrogens is 192 g/mol. The second-order valence-corrected chi connectivity index (χ2v) is 1.86. The second kappa shape index (κ2) is 7.77. The summed E-state index contributed by atoms with van der Waals surface area (Å²) < 4.78 is 8.90. The van der Waals surface area contributed by atoms with Crippen LogP contribution in [-0.2, 0) is 9.47 Å². The van der Waals surface area contributed by atoms with Crippen LogP contribution in [-0.4, -0.2) is 25.4 Å². The lowest BCUT2D eigenvalue weighted by Gasteiger charge is -1.98. The summed E-state index contributed by atoms with van der Waals surface area (Å²) in [5, 5.41) is 6.20. The van der Waals surface area contributed by atoms with Gasteiger partial charge >= 0.3 is 12.2 Å². The van der Waals surface area contributed by atoms with Crippen molar-refractivity contribution in [3.63, 3.8) is 0 Å². The minimum atomic E-state index is -0.748. The number of carbonyl (C=O) groups excluding carboxylic acids is 2. The SMILES string of the molecule is CCOC(=O)NN=NNC(=O)OCC. The maximum Gasteiger partial charge on any atom is 0.429 e. The number of nitrogens with zero attached hydrogens (tertiary/aromatic N) is 2. The third-order valence-electron chi connectivity index (χ3n) is 0.883. The maximum atomic E-state index is 10.6. The molecule has 0 aromatic heterocycles. The zero-order chi connectivity index (χ0) is 10.8. The number of ether oxygens (including phenoxy) is 2. The van der Waals surface area contributed by atoms with Gasteiger partial charge in [0, 0.05) is 0 Å². The van der Waals surface area contributed by atoms with Crippen molar-refractivity contribution in [2.24, 2.45) is 10.4 Å². The van der Waals surface area contributed by atoms with Crippen molar-refractivity contribution >= 4 is 12.2 Å². The summed E-state index contributed by atoms with van der Waals surface area (Å²) in [7, 11) is 0. The van der Waals surface area contributed by atoms with Crippen molar-refractivity contribution in [3.05, 3.63) is 0 Å². The van der Waals surface area contributed by atoms with E-state index in [-0.39, 0.29) is 13.2 Å². The monoisotopic (exact) mass is 204 g/mol. The van der Waals surface area contributed by atoms with Crippen LogP contribution in [0.2, 0.25) is 0 Å². The van der Waals surface area contributed by atoms with Gasteiger partial charge in [-0.1, -0.05) is 0 Å². The van der Waals surface area contributed by atoms with Gasteiger partial charge in [-0.05, 0) is 24.3 Å². The van der Waals surface area contributed by atoms with Crippen LogP contribution in [0, 0.1) is 0 Å². The fourth-order valence-electron chi connectivity index (χ4n) is 0.458. The van der Waals surface area contributed by atoms with E-state index in [0.29, 0.717) is 0 Å². The van der Waals surface area contributed by atoms with Crippen LogP contribution in [0.1, 0.15) is 13.8 Å². The normalized spacial score (nSPS) is 9.57. The zero-order valence-corrected chi connectivity index (χ0v) is 7.94. The Labute approximate surface area is 80.6 Å². The van der Waals surface area contributed by atoms with E-state index >= 15 is 0 Å². The Morgan fingerprint density at radius 1 is 1.00 bits per heavy atom. The molecule has 0 atom stereocenters. The third kappa shape index (κ3) is 6.83. The Kier molecular flexibility index (Phi) is 6.74. The molecule has 0 spiro atoms. The molecule has 0 aliphatic rings. The van der Waals surface area contributed by atoms with E-state index in [1.165, 1.54) is 0 Å². The maximum absolute atomic E-state index is 10.6. The first-order valence-corrected chi connectivity index (χ1v) is 3.96. The Morgan fingerprint density at radius 3 is 1.64 bits per heavy atom. The summed E-state index contributed by atoms with van der Waals surface area (Å²) in [5.41, 5.74) is 3.82. The molecule has 0 rings (SSSR count). The molecule has 0 bridgehead atoms. The highest BCUT2D eigenvalue weighted by Crippen LogP contribution is 1.78. The standard InChI is InChI=1S/C6H12N4O4/c1-3-13-5(11)7-9-10-8-6(12)14-4-2/h3-4H2,1-2H3,(H,7,10,11)(H,8,9,12). The molecule has 8 nitrogen and oxygen atoms in total. The fraction of sp³-hybridized carbons (Fsp3) is 0.667.